The Morgan fingerprint density at radius 2 is 1.79 bits per heavy atom. The molecule has 4 rings (SSSR count). The largest absolute Gasteiger partial charge is 0.507 e. The summed E-state index contributed by atoms with van der Waals surface area (Å²) in [7, 11) is 3.09. The summed E-state index contributed by atoms with van der Waals surface area (Å²) in [4.78, 5) is 31.7. The average Bonchev–Trinajstić information content (AvgIpc) is 3.46. The van der Waals surface area contributed by atoms with Gasteiger partial charge in [0, 0.05) is 31.0 Å². The highest BCUT2D eigenvalue weighted by Gasteiger charge is 2.45. The first kappa shape index (κ1) is 22.1. The number of aliphatic hydroxyl groups is 1. The van der Waals surface area contributed by atoms with Crippen molar-refractivity contribution >= 4 is 17.4 Å². The van der Waals surface area contributed by atoms with Gasteiger partial charge in [0.05, 0.1) is 32.2 Å². The Hall–Kier alpha value is -4.07. The van der Waals surface area contributed by atoms with Gasteiger partial charge in [-0.1, -0.05) is 24.3 Å². The number of aliphatic hydroxyl groups excluding tert-OH is 1. The quantitative estimate of drug-likeness (QED) is 0.323. The monoisotopic (exact) mass is 447 g/mol. The fourth-order valence-corrected chi connectivity index (χ4v) is 4.01. The van der Waals surface area contributed by atoms with Crippen molar-refractivity contribution in [3.63, 3.8) is 0 Å². The number of Topliss-reactive ketones (excluding diaryl/α,β-unsaturated/α-hetero) is 1. The van der Waals surface area contributed by atoms with Crippen LogP contribution in [0.5, 0.6) is 11.5 Å². The zero-order valence-corrected chi connectivity index (χ0v) is 18.5. The lowest BCUT2D eigenvalue weighted by Crippen LogP contribution is -2.31. The van der Waals surface area contributed by atoms with Crippen molar-refractivity contribution in [2.24, 2.45) is 0 Å². The van der Waals surface area contributed by atoms with Crippen molar-refractivity contribution in [3.8, 4) is 11.5 Å². The molecule has 1 aliphatic heterocycles. The molecule has 0 spiro atoms. The molecule has 1 fully saturated rings. The van der Waals surface area contributed by atoms with Crippen LogP contribution in [0.3, 0.4) is 0 Å². The van der Waals surface area contributed by atoms with Gasteiger partial charge in [0.1, 0.15) is 17.3 Å². The lowest BCUT2D eigenvalue weighted by atomic mass is 9.95. The summed E-state index contributed by atoms with van der Waals surface area (Å²) in [6.07, 6.45) is 5.86. The Balaban J connectivity index is 1.74. The molecule has 8 heteroatoms. The number of ketones is 1. The standard InChI is InChI=1S/C25H25N3O5/c1-32-19-9-7-17(8-10-19)22-21(23(29)18-5-3-6-20(15-18)33-2)24(30)25(31)28(22)13-4-12-27-14-11-26-16-27/h3,5-11,14-16,22,29H,4,12-13H2,1-2H3/b23-21+/t22-/m1/s1. The van der Waals surface area contributed by atoms with E-state index in [1.54, 1.807) is 68.2 Å². The van der Waals surface area contributed by atoms with E-state index in [1.165, 1.54) is 12.0 Å². The molecule has 2 heterocycles. The van der Waals surface area contributed by atoms with Crippen molar-refractivity contribution in [1.29, 1.82) is 0 Å². The van der Waals surface area contributed by atoms with Gasteiger partial charge in [0.15, 0.2) is 0 Å². The maximum atomic E-state index is 13.1. The normalized spacial score (nSPS) is 17.4. The van der Waals surface area contributed by atoms with Gasteiger partial charge in [0.25, 0.3) is 11.7 Å². The van der Waals surface area contributed by atoms with Crippen LogP contribution < -0.4 is 9.47 Å². The molecule has 2 aromatic carbocycles. The molecule has 170 valence electrons. The summed E-state index contributed by atoms with van der Waals surface area (Å²) in [5.74, 6) is -0.381. The second-order valence-electron chi connectivity index (χ2n) is 7.65. The number of hydrogen-bond acceptors (Lipinski definition) is 6. The zero-order chi connectivity index (χ0) is 23.4. The Bertz CT molecular complexity index is 1170. The fourth-order valence-electron chi connectivity index (χ4n) is 4.01. The number of carbonyl (C=O) groups is 2. The number of methoxy groups -OCH3 is 2. The molecule has 1 aromatic heterocycles. The molecule has 1 saturated heterocycles. The van der Waals surface area contributed by atoms with Gasteiger partial charge < -0.3 is 24.0 Å². The van der Waals surface area contributed by atoms with Crippen LogP contribution in [0.15, 0.2) is 72.8 Å². The number of carbonyl (C=O) groups excluding carboxylic acids is 2. The molecule has 3 aromatic rings. The van der Waals surface area contributed by atoms with Crippen molar-refractivity contribution in [2.45, 2.75) is 19.0 Å². The van der Waals surface area contributed by atoms with E-state index < -0.39 is 17.7 Å². The number of ether oxygens (including phenoxy) is 2. The highest BCUT2D eigenvalue weighted by Crippen LogP contribution is 2.40. The number of hydrogen-bond donors (Lipinski definition) is 1. The van der Waals surface area contributed by atoms with E-state index in [1.807, 2.05) is 10.8 Å². The van der Waals surface area contributed by atoms with E-state index >= 15 is 0 Å². The van der Waals surface area contributed by atoms with Crippen molar-refractivity contribution in [2.75, 3.05) is 20.8 Å². The Labute approximate surface area is 191 Å². The summed E-state index contributed by atoms with van der Waals surface area (Å²) in [6.45, 7) is 0.989. The third kappa shape index (κ3) is 4.45. The van der Waals surface area contributed by atoms with E-state index in [9.17, 15) is 14.7 Å². The zero-order valence-electron chi connectivity index (χ0n) is 18.5. The van der Waals surface area contributed by atoms with E-state index in [0.717, 1.165) is 0 Å². The summed E-state index contributed by atoms with van der Waals surface area (Å²) < 4.78 is 12.4. The second-order valence-corrected chi connectivity index (χ2v) is 7.65. The molecule has 1 N–H and O–H groups in total. The van der Waals surface area contributed by atoms with Gasteiger partial charge in [-0.05, 0) is 36.2 Å². The number of likely N-dealkylation sites (tertiary alicyclic amines) is 1. The molecule has 0 radical (unpaired) electrons. The van der Waals surface area contributed by atoms with Crippen LogP contribution in [0.2, 0.25) is 0 Å². The Morgan fingerprint density at radius 1 is 1.03 bits per heavy atom. The molecular formula is C25H25N3O5. The van der Waals surface area contributed by atoms with E-state index in [4.69, 9.17) is 9.47 Å². The third-order valence-electron chi connectivity index (χ3n) is 5.69. The lowest BCUT2D eigenvalue weighted by Gasteiger charge is -2.25. The van der Waals surface area contributed by atoms with Crippen LogP contribution in [0, 0.1) is 0 Å². The second kappa shape index (κ2) is 9.60. The predicted molar refractivity (Wildman–Crippen MR) is 122 cm³/mol. The highest BCUT2D eigenvalue weighted by molar-refractivity contribution is 6.46. The van der Waals surface area contributed by atoms with Gasteiger partial charge in [-0.3, -0.25) is 9.59 Å². The van der Waals surface area contributed by atoms with Crippen LogP contribution >= 0.6 is 0 Å². The molecule has 8 nitrogen and oxygen atoms in total. The Kier molecular flexibility index (Phi) is 6.44. The van der Waals surface area contributed by atoms with Crippen molar-refractivity contribution in [1.82, 2.24) is 14.5 Å². The predicted octanol–water partition coefficient (Wildman–Crippen LogP) is 3.41. The molecule has 1 aliphatic rings. The van der Waals surface area contributed by atoms with E-state index in [0.29, 0.717) is 42.1 Å². The Morgan fingerprint density at radius 3 is 2.45 bits per heavy atom. The molecule has 33 heavy (non-hydrogen) atoms. The number of nitrogens with zero attached hydrogens (tertiary/aromatic N) is 3. The molecule has 0 bridgehead atoms. The summed E-state index contributed by atoms with van der Waals surface area (Å²) in [5.41, 5.74) is 1.17. The van der Waals surface area contributed by atoms with Crippen LogP contribution in [0.4, 0.5) is 0 Å². The molecule has 0 unspecified atom stereocenters. The van der Waals surface area contributed by atoms with Gasteiger partial charge in [-0.2, -0.15) is 0 Å². The first-order valence-corrected chi connectivity index (χ1v) is 10.6. The number of benzene rings is 2. The maximum absolute atomic E-state index is 13.1. The number of imidazole rings is 1. The first-order valence-electron chi connectivity index (χ1n) is 10.6. The summed E-state index contributed by atoms with van der Waals surface area (Å²) >= 11 is 0. The van der Waals surface area contributed by atoms with Crippen LogP contribution in [-0.2, 0) is 16.1 Å². The topological polar surface area (TPSA) is 93.9 Å². The first-order chi connectivity index (χ1) is 16.0. The van der Waals surface area contributed by atoms with Crippen LogP contribution in [0.1, 0.15) is 23.6 Å². The summed E-state index contributed by atoms with van der Waals surface area (Å²) in [6, 6.07) is 13.2. The number of aromatic nitrogens is 2. The minimum Gasteiger partial charge on any atom is -0.507 e. The highest BCUT2D eigenvalue weighted by atomic mass is 16.5. The van der Waals surface area contributed by atoms with Gasteiger partial charge in [-0.15, -0.1) is 0 Å². The fraction of sp³-hybridized carbons (Fsp3) is 0.240. The van der Waals surface area contributed by atoms with E-state index in [-0.39, 0.29) is 11.3 Å². The number of rotatable bonds is 8. The molecule has 0 saturated carbocycles. The van der Waals surface area contributed by atoms with Crippen LogP contribution in [0.25, 0.3) is 5.76 Å². The van der Waals surface area contributed by atoms with Gasteiger partial charge in [-0.25, -0.2) is 4.98 Å². The summed E-state index contributed by atoms with van der Waals surface area (Å²) in [5, 5.41) is 11.1. The average molecular weight is 447 g/mol. The minimum absolute atomic E-state index is 0.0565. The third-order valence-corrected chi connectivity index (χ3v) is 5.69. The molecular weight excluding hydrogens is 422 g/mol. The van der Waals surface area contributed by atoms with E-state index in [2.05, 4.69) is 4.98 Å². The van der Waals surface area contributed by atoms with Crippen molar-refractivity contribution < 1.29 is 24.2 Å². The number of amides is 1. The van der Waals surface area contributed by atoms with Gasteiger partial charge >= 0.3 is 0 Å². The maximum Gasteiger partial charge on any atom is 0.295 e. The van der Waals surface area contributed by atoms with Gasteiger partial charge in [0.2, 0.25) is 0 Å². The van der Waals surface area contributed by atoms with Crippen LogP contribution in [-0.4, -0.2) is 52.0 Å². The number of aryl methyl sites for hydroxylation is 1. The lowest BCUT2D eigenvalue weighted by molar-refractivity contribution is -0.139. The molecule has 1 amide bonds. The minimum atomic E-state index is -0.718. The smallest absolute Gasteiger partial charge is 0.295 e. The molecule has 0 aliphatic carbocycles. The SMILES string of the molecule is COc1ccc([C@@H]2/C(=C(\O)c3cccc(OC)c3)C(=O)C(=O)N2CCCn2ccnc2)cc1. The molecule has 1 atom stereocenters. The van der Waals surface area contributed by atoms with Crippen molar-refractivity contribution in [3.05, 3.63) is 84.0 Å².